The number of nitrogens with zero attached hydrogens (tertiary/aromatic N) is 2. The van der Waals surface area contributed by atoms with Crippen molar-refractivity contribution in [1.82, 2.24) is 9.88 Å². The number of hydrogen-bond donors (Lipinski definition) is 1. The highest BCUT2D eigenvalue weighted by atomic mass is 16.4. The summed E-state index contributed by atoms with van der Waals surface area (Å²) in [5.74, 6) is -0.232. The van der Waals surface area contributed by atoms with Crippen LogP contribution in [0.5, 0.6) is 0 Å². The summed E-state index contributed by atoms with van der Waals surface area (Å²) in [5.41, 5.74) is 1.19. The zero-order valence-electron chi connectivity index (χ0n) is 11.0. The molecule has 1 aromatic rings. The average molecular weight is 260 g/mol. The number of carbonyl (C=O) groups is 1. The summed E-state index contributed by atoms with van der Waals surface area (Å²) in [4.78, 5) is 17.9. The van der Waals surface area contributed by atoms with Gasteiger partial charge in [0, 0.05) is 30.4 Å². The number of rotatable bonds is 3. The van der Waals surface area contributed by atoms with Gasteiger partial charge in [0.25, 0.3) is 0 Å². The van der Waals surface area contributed by atoms with Crippen molar-refractivity contribution in [2.75, 3.05) is 13.1 Å². The lowest BCUT2D eigenvalue weighted by Gasteiger charge is -2.45. The van der Waals surface area contributed by atoms with Crippen molar-refractivity contribution < 1.29 is 9.90 Å². The van der Waals surface area contributed by atoms with Crippen LogP contribution in [-0.4, -0.2) is 40.1 Å². The van der Waals surface area contributed by atoms with Crippen molar-refractivity contribution in [1.29, 1.82) is 0 Å². The van der Waals surface area contributed by atoms with Crippen LogP contribution in [0.25, 0.3) is 0 Å². The molecule has 19 heavy (non-hydrogen) atoms. The predicted octanol–water partition coefficient (Wildman–Crippen LogP) is 2.12. The van der Waals surface area contributed by atoms with Crippen molar-refractivity contribution in [3.8, 4) is 0 Å². The van der Waals surface area contributed by atoms with Gasteiger partial charge in [0.05, 0.1) is 5.92 Å². The first kappa shape index (κ1) is 12.6. The molecule has 102 valence electrons. The molecule has 0 bridgehead atoms. The van der Waals surface area contributed by atoms with Gasteiger partial charge in [-0.15, -0.1) is 0 Å². The normalized spacial score (nSPS) is 31.7. The molecule has 0 aromatic carbocycles. The van der Waals surface area contributed by atoms with Gasteiger partial charge in [0.15, 0.2) is 0 Å². The molecule has 0 radical (unpaired) electrons. The van der Waals surface area contributed by atoms with Crippen molar-refractivity contribution in [2.45, 2.75) is 37.6 Å². The van der Waals surface area contributed by atoms with Gasteiger partial charge in [-0.3, -0.25) is 14.7 Å². The minimum absolute atomic E-state index is 0.164. The number of pyridine rings is 1. The summed E-state index contributed by atoms with van der Waals surface area (Å²) < 4.78 is 0. The third kappa shape index (κ3) is 2.63. The first-order valence-electron chi connectivity index (χ1n) is 7.12. The average Bonchev–Trinajstić information content (AvgIpc) is 2.39. The van der Waals surface area contributed by atoms with Crippen LogP contribution in [0.4, 0.5) is 0 Å². The number of aliphatic carboxylic acids is 1. The molecule has 4 heteroatoms. The molecule has 3 rings (SSSR count). The quantitative estimate of drug-likeness (QED) is 0.904. The number of carboxylic acids is 1. The number of likely N-dealkylation sites (tertiary alicyclic amines) is 1. The molecule has 1 N–H and O–H groups in total. The van der Waals surface area contributed by atoms with E-state index in [2.05, 4.69) is 16.0 Å². The second-order valence-corrected chi connectivity index (χ2v) is 5.75. The smallest absolute Gasteiger partial charge is 0.307 e. The predicted molar refractivity (Wildman–Crippen MR) is 71.9 cm³/mol. The largest absolute Gasteiger partial charge is 0.481 e. The van der Waals surface area contributed by atoms with E-state index in [4.69, 9.17) is 5.11 Å². The minimum Gasteiger partial charge on any atom is -0.481 e. The van der Waals surface area contributed by atoms with Crippen LogP contribution in [0.1, 0.15) is 37.3 Å². The van der Waals surface area contributed by atoms with E-state index in [1.54, 1.807) is 0 Å². The van der Waals surface area contributed by atoms with E-state index in [9.17, 15) is 4.79 Å². The molecule has 1 saturated carbocycles. The Kier molecular flexibility index (Phi) is 3.51. The van der Waals surface area contributed by atoms with Crippen LogP contribution in [0.15, 0.2) is 24.4 Å². The topological polar surface area (TPSA) is 53.4 Å². The zero-order valence-corrected chi connectivity index (χ0v) is 11.0. The highest BCUT2D eigenvalue weighted by Gasteiger charge is 2.38. The van der Waals surface area contributed by atoms with Gasteiger partial charge in [0.1, 0.15) is 0 Å². The second kappa shape index (κ2) is 5.29. The van der Waals surface area contributed by atoms with Crippen LogP contribution >= 0.6 is 0 Å². The minimum atomic E-state index is -0.634. The summed E-state index contributed by atoms with van der Waals surface area (Å²) in [6.45, 7) is 1.79. The van der Waals surface area contributed by atoms with Crippen LogP contribution in [0.3, 0.4) is 0 Å². The monoisotopic (exact) mass is 260 g/mol. The van der Waals surface area contributed by atoms with Crippen molar-refractivity contribution in [3.05, 3.63) is 30.1 Å². The molecular formula is C15H20N2O2. The molecular weight excluding hydrogens is 240 g/mol. The Bertz CT molecular complexity index is 443. The Labute approximate surface area is 113 Å². The second-order valence-electron chi connectivity index (χ2n) is 5.75. The van der Waals surface area contributed by atoms with E-state index >= 15 is 0 Å². The van der Waals surface area contributed by atoms with Gasteiger partial charge < -0.3 is 5.11 Å². The lowest BCUT2D eigenvalue weighted by Crippen LogP contribution is -2.49. The van der Waals surface area contributed by atoms with Crippen LogP contribution in [0.2, 0.25) is 0 Å². The molecule has 1 aromatic heterocycles. The number of piperidine rings is 1. The van der Waals surface area contributed by atoms with Gasteiger partial charge in [-0.05, 0) is 44.4 Å². The Morgan fingerprint density at radius 2 is 2.21 bits per heavy atom. The maximum absolute atomic E-state index is 11.1. The highest BCUT2D eigenvalue weighted by molar-refractivity contribution is 5.70. The van der Waals surface area contributed by atoms with Crippen molar-refractivity contribution in [3.63, 3.8) is 0 Å². The maximum Gasteiger partial charge on any atom is 0.307 e. The molecule has 1 atom stereocenters. The zero-order chi connectivity index (χ0) is 13.2. The fraction of sp³-hybridized carbons (Fsp3) is 0.600. The molecule has 1 aliphatic heterocycles. The lowest BCUT2D eigenvalue weighted by atomic mass is 9.76. The van der Waals surface area contributed by atoms with E-state index in [0.29, 0.717) is 12.0 Å². The lowest BCUT2D eigenvalue weighted by molar-refractivity contribution is -0.144. The van der Waals surface area contributed by atoms with Crippen LogP contribution < -0.4 is 0 Å². The third-order valence-corrected chi connectivity index (χ3v) is 4.54. The molecule has 0 amide bonds. The number of hydrogen-bond acceptors (Lipinski definition) is 3. The number of carboxylic acid groups (broad SMARTS) is 1. The van der Waals surface area contributed by atoms with E-state index in [0.717, 1.165) is 38.8 Å². The summed E-state index contributed by atoms with van der Waals surface area (Å²) in [5, 5.41) is 9.12. The Balaban J connectivity index is 1.54. The third-order valence-electron chi connectivity index (χ3n) is 4.54. The van der Waals surface area contributed by atoms with Gasteiger partial charge in [-0.2, -0.15) is 0 Å². The van der Waals surface area contributed by atoms with Crippen LogP contribution in [-0.2, 0) is 4.79 Å². The molecule has 4 nitrogen and oxygen atoms in total. The van der Waals surface area contributed by atoms with Crippen molar-refractivity contribution >= 4 is 5.97 Å². The molecule has 1 saturated heterocycles. The van der Waals surface area contributed by atoms with E-state index in [1.165, 1.54) is 5.69 Å². The highest BCUT2D eigenvalue weighted by Crippen LogP contribution is 2.40. The summed E-state index contributed by atoms with van der Waals surface area (Å²) in [6, 6.07) is 6.64. The Morgan fingerprint density at radius 1 is 1.37 bits per heavy atom. The van der Waals surface area contributed by atoms with Crippen LogP contribution in [0, 0.1) is 5.92 Å². The standard InChI is InChI=1S/C15H20N2O2/c18-15(19)11-4-3-7-17(10-11)13-8-12(9-13)14-5-1-2-6-16-14/h1-2,5-6,11-13H,3-4,7-10H2,(H,18,19). The SMILES string of the molecule is O=C(O)C1CCCN(C2CC(c3ccccn3)C2)C1. The van der Waals surface area contributed by atoms with Gasteiger partial charge >= 0.3 is 5.97 Å². The molecule has 2 aliphatic rings. The molecule has 1 unspecified atom stereocenters. The first-order chi connectivity index (χ1) is 9.24. The Morgan fingerprint density at radius 3 is 2.89 bits per heavy atom. The van der Waals surface area contributed by atoms with Crippen molar-refractivity contribution in [2.24, 2.45) is 5.92 Å². The molecule has 2 heterocycles. The maximum atomic E-state index is 11.1. The number of aromatic nitrogens is 1. The fourth-order valence-electron chi connectivity index (χ4n) is 3.28. The molecule has 0 spiro atoms. The first-order valence-corrected chi connectivity index (χ1v) is 7.12. The Hall–Kier alpha value is -1.42. The van der Waals surface area contributed by atoms with E-state index < -0.39 is 5.97 Å². The summed E-state index contributed by atoms with van der Waals surface area (Å²) >= 11 is 0. The summed E-state index contributed by atoms with van der Waals surface area (Å²) in [6.07, 6.45) is 5.96. The van der Waals surface area contributed by atoms with Gasteiger partial charge in [-0.1, -0.05) is 6.07 Å². The fourth-order valence-corrected chi connectivity index (χ4v) is 3.28. The molecule has 1 aliphatic carbocycles. The molecule has 2 fully saturated rings. The summed E-state index contributed by atoms with van der Waals surface area (Å²) in [7, 11) is 0. The van der Waals surface area contributed by atoms with Gasteiger partial charge in [-0.25, -0.2) is 0 Å². The van der Waals surface area contributed by atoms with Gasteiger partial charge in [0.2, 0.25) is 0 Å². The van der Waals surface area contributed by atoms with E-state index in [1.807, 2.05) is 18.3 Å². The van der Waals surface area contributed by atoms with E-state index in [-0.39, 0.29) is 5.92 Å².